The van der Waals surface area contributed by atoms with Crippen LogP contribution in [0.25, 0.3) is 0 Å². The van der Waals surface area contributed by atoms with Crippen molar-refractivity contribution in [1.82, 2.24) is 4.57 Å². The van der Waals surface area contributed by atoms with Crippen LogP contribution in [0.3, 0.4) is 0 Å². The Morgan fingerprint density at radius 1 is 0.923 bits per heavy atom. The van der Waals surface area contributed by atoms with E-state index in [2.05, 4.69) is 5.32 Å². The summed E-state index contributed by atoms with van der Waals surface area (Å²) in [6.45, 7) is -0.241. The third kappa shape index (κ3) is 4.54. The molecule has 0 saturated carbocycles. The van der Waals surface area contributed by atoms with Crippen molar-refractivity contribution >= 4 is 63.8 Å². The molecule has 0 bridgehead atoms. The van der Waals surface area contributed by atoms with E-state index < -0.39 is 23.0 Å². The van der Waals surface area contributed by atoms with Gasteiger partial charge in [-0.25, -0.2) is 4.90 Å². The van der Waals surface area contributed by atoms with Crippen molar-refractivity contribution in [3.05, 3.63) is 104 Å². The summed E-state index contributed by atoms with van der Waals surface area (Å²) < 4.78 is 1.37. The lowest BCUT2D eigenvalue weighted by Gasteiger charge is -2.30. The van der Waals surface area contributed by atoms with E-state index in [-0.39, 0.29) is 29.0 Å². The number of hydrogen-bond donors (Lipinski definition) is 2. The van der Waals surface area contributed by atoms with Gasteiger partial charge in [-0.2, -0.15) is 0 Å². The Kier molecular flexibility index (Phi) is 6.54. The van der Waals surface area contributed by atoms with Crippen molar-refractivity contribution in [2.45, 2.75) is 22.7 Å². The highest BCUT2D eigenvalue weighted by Crippen LogP contribution is 2.54. The highest BCUT2D eigenvalue weighted by Gasteiger charge is 2.56. The van der Waals surface area contributed by atoms with Crippen LogP contribution in [0.2, 0.25) is 5.02 Å². The highest BCUT2D eigenvalue weighted by molar-refractivity contribution is 8.00. The summed E-state index contributed by atoms with van der Waals surface area (Å²) in [5.41, 5.74) is 1.70. The smallest absolute Gasteiger partial charge is 0.308 e. The minimum atomic E-state index is -0.808. The van der Waals surface area contributed by atoms with Gasteiger partial charge in [0.2, 0.25) is 17.7 Å². The Balaban J connectivity index is 1.42. The van der Waals surface area contributed by atoms with E-state index in [1.165, 1.54) is 21.6 Å². The fourth-order valence-corrected chi connectivity index (χ4v) is 7.91. The lowest BCUT2D eigenvalue weighted by molar-refractivity contribution is -0.122. The van der Waals surface area contributed by atoms with E-state index in [0.29, 0.717) is 31.9 Å². The SMILES string of the molecule is O=C(Cn1c2c(sc1=O)[C@@H](c1ccc(O)cc1)[C@H]1C(=O)N(c3ccc(Cl)cc3)C(=O)[C@H]1S2)Nc1ccccc1. The number of nitrogens with zero attached hydrogens (tertiary/aromatic N) is 2. The molecule has 6 rings (SSSR count). The number of benzene rings is 3. The van der Waals surface area contributed by atoms with E-state index in [1.807, 2.05) is 6.07 Å². The minimum Gasteiger partial charge on any atom is -0.508 e. The monoisotopic (exact) mass is 577 g/mol. The molecule has 2 aliphatic rings. The predicted molar refractivity (Wildman–Crippen MR) is 151 cm³/mol. The van der Waals surface area contributed by atoms with Crippen molar-refractivity contribution in [2.75, 3.05) is 10.2 Å². The third-order valence-corrected chi connectivity index (χ3v) is 9.60. The second kappa shape index (κ2) is 10.0. The Bertz CT molecular complexity index is 1650. The lowest BCUT2D eigenvalue weighted by Crippen LogP contribution is -2.33. The zero-order chi connectivity index (χ0) is 27.3. The summed E-state index contributed by atoms with van der Waals surface area (Å²) in [7, 11) is 0. The van der Waals surface area contributed by atoms with Gasteiger partial charge in [0.15, 0.2) is 0 Å². The second-order valence-corrected chi connectivity index (χ2v) is 11.7. The summed E-state index contributed by atoms with van der Waals surface area (Å²) in [6.07, 6.45) is 0. The number of imide groups is 1. The molecule has 3 heterocycles. The summed E-state index contributed by atoms with van der Waals surface area (Å²) >= 11 is 8.14. The van der Waals surface area contributed by atoms with Gasteiger partial charge in [-0.3, -0.25) is 23.7 Å². The molecule has 3 amide bonds. The lowest BCUT2D eigenvalue weighted by atomic mass is 9.83. The van der Waals surface area contributed by atoms with Gasteiger partial charge >= 0.3 is 4.87 Å². The number of para-hydroxylation sites is 1. The maximum atomic E-state index is 13.8. The fraction of sp³-hybridized carbons (Fsp3) is 0.143. The number of hydrogen-bond acceptors (Lipinski definition) is 7. The first-order chi connectivity index (χ1) is 18.8. The fourth-order valence-electron chi connectivity index (χ4n) is 5.01. The zero-order valence-electron chi connectivity index (χ0n) is 20.1. The number of carbonyl (C=O) groups excluding carboxylic acids is 3. The van der Waals surface area contributed by atoms with E-state index in [0.717, 1.165) is 23.1 Å². The molecule has 1 fully saturated rings. The van der Waals surface area contributed by atoms with Crippen LogP contribution < -0.4 is 15.1 Å². The summed E-state index contributed by atoms with van der Waals surface area (Å²) in [5, 5.41) is 12.8. The van der Waals surface area contributed by atoms with Gasteiger partial charge in [-0.1, -0.05) is 65.0 Å². The number of thioether (sulfide) groups is 1. The third-order valence-electron chi connectivity index (χ3n) is 6.75. The van der Waals surface area contributed by atoms with E-state index in [9.17, 15) is 24.3 Å². The summed E-state index contributed by atoms with van der Waals surface area (Å²) in [4.78, 5) is 55.0. The van der Waals surface area contributed by atoms with Crippen LogP contribution in [0.4, 0.5) is 11.4 Å². The molecule has 8 nitrogen and oxygen atoms in total. The average molecular weight is 578 g/mol. The molecule has 1 saturated heterocycles. The van der Waals surface area contributed by atoms with Gasteiger partial charge in [0.1, 0.15) is 17.5 Å². The number of nitrogens with one attached hydrogen (secondary N) is 1. The second-order valence-electron chi connectivity index (χ2n) is 9.16. The Labute approximate surface area is 235 Å². The number of rotatable bonds is 5. The number of phenols is 1. The van der Waals surface area contributed by atoms with Crippen LogP contribution in [0, 0.1) is 5.92 Å². The van der Waals surface area contributed by atoms with Crippen LogP contribution in [0.15, 0.2) is 88.7 Å². The number of carbonyl (C=O) groups is 3. The van der Waals surface area contributed by atoms with Gasteiger partial charge in [-0.15, -0.1) is 0 Å². The molecular weight excluding hydrogens is 558 g/mol. The molecule has 11 heteroatoms. The number of anilines is 2. The normalized spacial score (nSPS) is 20.0. The molecule has 1 aromatic heterocycles. The first-order valence-electron chi connectivity index (χ1n) is 12.0. The number of aromatic hydroxyl groups is 1. The quantitative estimate of drug-likeness (QED) is 0.333. The number of fused-ring (bicyclic) bond motifs is 2. The number of thiazole rings is 1. The first-order valence-corrected chi connectivity index (χ1v) is 14.1. The summed E-state index contributed by atoms with van der Waals surface area (Å²) in [6, 6.07) is 21.8. The Morgan fingerprint density at radius 3 is 2.31 bits per heavy atom. The zero-order valence-corrected chi connectivity index (χ0v) is 22.5. The molecule has 0 unspecified atom stereocenters. The molecule has 196 valence electrons. The van der Waals surface area contributed by atoms with E-state index >= 15 is 0 Å². The molecule has 0 aliphatic carbocycles. The number of halogens is 1. The molecule has 2 N–H and O–H groups in total. The number of phenolic OH excluding ortho intramolecular Hbond substituents is 1. The number of amides is 3. The van der Waals surface area contributed by atoms with Gasteiger partial charge in [0, 0.05) is 21.5 Å². The Hall–Kier alpha value is -3.86. The highest BCUT2D eigenvalue weighted by atomic mass is 35.5. The molecule has 39 heavy (non-hydrogen) atoms. The molecule has 0 radical (unpaired) electrons. The molecular formula is C28H20ClN3O5S2. The van der Waals surface area contributed by atoms with Gasteiger partial charge in [-0.05, 0) is 54.1 Å². The summed E-state index contributed by atoms with van der Waals surface area (Å²) in [5.74, 6) is -2.50. The maximum Gasteiger partial charge on any atom is 0.308 e. The van der Waals surface area contributed by atoms with Crippen molar-refractivity contribution in [2.24, 2.45) is 5.92 Å². The largest absolute Gasteiger partial charge is 0.508 e. The standard InChI is InChI=1S/C28H20ClN3O5S2/c29-16-8-10-18(11-9-16)32-25(35)22-21(15-6-12-19(33)13-7-15)24-27(38-23(22)26(32)36)31(28(37)39-24)14-20(34)30-17-4-2-1-3-5-17/h1-13,21-23,33H,14H2,(H,30,34)/t21-,22+,23-/m0/s1. The number of aromatic nitrogens is 1. The van der Waals surface area contributed by atoms with Gasteiger partial charge < -0.3 is 10.4 Å². The van der Waals surface area contributed by atoms with Gasteiger partial charge in [0.05, 0.1) is 16.6 Å². The van der Waals surface area contributed by atoms with Crippen molar-refractivity contribution in [1.29, 1.82) is 0 Å². The molecule has 3 aromatic carbocycles. The van der Waals surface area contributed by atoms with E-state index in [1.54, 1.807) is 60.7 Å². The Morgan fingerprint density at radius 2 is 1.62 bits per heavy atom. The molecule has 2 aliphatic heterocycles. The average Bonchev–Trinajstić information content (AvgIpc) is 3.36. The van der Waals surface area contributed by atoms with Crippen LogP contribution in [-0.2, 0) is 20.9 Å². The van der Waals surface area contributed by atoms with Crippen molar-refractivity contribution in [3.63, 3.8) is 0 Å². The topological polar surface area (TPSA) is 109 Å². The molecule has 3 atom stereocenters. The van der Waals surface area contributed by atoms with Crippen LogP contribution in [-0.4, -0.2) is 32.6 Å². The van der Waals surface area contributed by atoms with Crippen molar-refractivity contribution in [3.8, 4) is 5.75 Å². The van der Waals surface area contributed by atoms with Crippen molar-refractivity contribution < 1.29 is 19.5 Å². The predicted octanol–water partition coefficient (Wildman–Crippen LogP) is 4.70. The van der Waals surface area contributed by atoms with Crippen LogP contribution >= 0.6 is 34.7 Å². The molecule has 4 aromatic rings. The minimum absolute atomic E-state index is 0.0562. The van der Waals surface area contributed by atoms with Crippen LogP contribution in [0.5, 0.6) is 5.75 Å². The first kappa shape index (κ1) is 25.4. The van der Waals surface area contributed by atoms with E-state index in [4.69, 9.17) is 11.6 Å². The maximum absolute atomic E-state index is 13.8. The van der Waals surface area contributed by atoms with Crippen LogP contribution in [0.1, 0.15) is 16.4 Å². The van der Waals surface area contributed by atoms with Gasteiger partial charge in [0.25, 0.3) is 0 Å². The molecule has 0 spiro atoms.